The third-order valence-electron chi connectivity index (χ3n) is 2.35. The average Bonchev–Trinajstić information content (AvgIpc) is 2.39. The molecule has 2 aromatic carbocycles. The predicted molar refractivity (Wildman–Crippen MR) is 71.4 cm³/mol. The lowest BCUT2D eigenvalue weighted by Gasteiger charge is -2.03. The largest absolute Gasteiger partial charge is 0.324 e. The maximum Gasteiger partial charge on any atom is 0.193 e. The molecule has 0 saturated carbocycles. The molecule has 0 heterocycles. The van der Waals surface area contributed by atoms with Crippen LogP contribution in [0, 0.1) is 0 Å². The minimum atomic E-state index is 0. The molecule has 0 unspecified atom stereocenters. The maximum atomic E-state index is 12.0. The quantitative estimate of drug-likeness (QED) is 0.499. The molecule has 88 valence electrons. The first-order valence-electron chi connectivity index (χ1n) is 4.97. The summed E-state index contributed by atoms with van der Waals surface area (Å²) in [5.41, 5.74) is 4.65. The Morgan fingerprint density at radius 1 is 0.882 bits per heavy atom. The number of ketones is 1. The van der Waals surface area contributed by atoms with Crippen LogP contribution in [0.3, 0.4) is 0 Å². The monoisotopic (exact) mass is 248 g/mol. The van der Waals surface area contributed by atoms with E-state index >= 15 is 0 Å². The highest BCUT2D eigenvalue weighted by molar-refractivity contribution is 6.09. The van der Waals surface area contributed by atoms with E-state index in [1.54, 1.807) is 36.4 Å². The highest BCUT2D eigenvalue weighted by Gasteiger charge is 2.07. The number of anilines is 1. The van der Waals surface area contributed by atoms with Gasteiger partial charge in [0.15, 0.2) is 5.78 Å². The summed E-state index contributed by atoms with van der Waals surface area (Å²) in [6, 6.07) is 16.3. The Morgan fingerprint density at radius 2 is 1.41 bits per heavy atom. The number of nitrogen functional groups attached to an aromatic ring is 1. The fourth-order valence-electron chi connectivity index (χ4n) is 1.47. The molecule has 2 aromatic rings. The van der Waals surface area contributed by atoms with Gasteiger partial charge in [-0.15, -0.1) is 12.4 Å². The van der Waals surface area contributed by atoms with Gasteiger partial charge in [0.25, 0.3) is 0 Å². The zero-order valence-electron chi connectivity index (χ0n) is 9.09. The van der Waals surface area contributed by atoms with Crippen molar-refractivity contribution < 1.29 is 4.79 Å². The first-order valence-corrected chi connectivity index (χ1v) is 4.97. The molecule has 0 radical (unpaired) electrons. The predicted octanol–water partition coefficient (Wildman–Crippen LogP) is 2.63. The molecular formula is C13H13ClN2O. The number of nitrogens with two attached hydrogens (primary N) is 1. The number of nitrogens with one attached hydrogen (secondary N) is 1. The second kappa shape index (κ2) is 6.03. The Balaban J connectivity index is 0.00000144. The summed E-state index contributed by atoms with van der Waals surface area (Å²) in [7, 11) is 0. The van der Waals surface area contributed by atoms with E-state index in [1.165, 1.54) is 0 Å². The lowest BCUT2D eigenvalue weighted by Crippen LogP contribution is -2.07. The lowest BCUT2D eigenvalue weighted by atomic mass is 10.0. The van der Waals surface area contributed by atoms with Crippen molar-refractivity contribution in [1.29, 1.82) is 0 Å². The number of hydrogen-bond acceptors (Lipinski definition) is 3. The van der Waals surface area contributed by atoms with Crippen LogP contribution in [0.1, 0.15) is 15.9 Å². The van der Waals surface area contributed by atoms with Crippen LogP contribution in [0.4, 0.5) is 5.69 Å². The van der Waals surface area contributed by atoms with Gasteiger partial charge in [-0.25, -0.2) is 0 Å². The number of carbonyl (C=O) groups excluding carboxylic acids is 1. The molecule has 0 spiro atoms. The topological polar surface area (TPSA) is 55.1 Å². The molecule has 0 amide bonds. The first kappa shape index (κ1) is 13.2. The molecule has 4 heteroatoms. The molecule has 0 bridgehead atoms. The van der Waals surface area contributed by atoms with Crippen molar-refractivity contribution >= 4 is 23.9 Å². The molecule has 0 aromatic heterocycles. The van der Waals surface area contributed by atoms with Crippen LogP contribution >= 0.6 is 12.4 Å². The summed E-state index contributed by atoms with van der Waals surface area (Å²) in [6.45, 7) is 0. The van der Waals surface area contributed by atoms with E-state index in [-0.39, 0.29) is 18.2 Å². The smallest absolute Gasteiger partial charge is 0.193 e. The number of hydrazine groups is 1. The third kappa shape index (κ3) is 3.06. The Morgan fingerprint density at radius 3 is 1.94 bits per heavy atom. The molecule has 2 rings (SSSR count). The van der Waals surface area contributed by atoms with E-state index in [9.17, 15) is 4.79 Å². The highest BCUT2D eigenvalue weighted by Crippen LogP contribution is 2.12. The van der Waals surface area contributed by atoms with E-state index in [4.69, 9.17) is 5.84 Å². The fraction of sp³-hybridized carbons (Fsp3) is 0. The van der Waals surface area contributed by atoms with Crippen LogP contribution < -0.4 is 11.3 Å². The third-order valence-corrected chi connectivity index (χ3v) is 2.35. The van der Waals surface area contributed by atoms with E-state index in [1.807, 2.05) is 18.2 Å². The Bertz CT molecular complexity index is 483. The molecule has 0 aliphatic carbocycles. The average molecular weight is 249 g/mol. The minimum absolute atomic E-state index is 0. The van der Waals surface area contributed by atoms with Crippen LogP contribution in [0.2, 0.25) is 0 Å². The lowest BCUT2D eigenvalue weighted by molar-refractivity contribution is 0.103. The van der Waals surface area contributed by atoms with Crippen molar-refractivity contribution in [2.24, 2.45) is 5.84 Å². The van der Waals surface area contributed by atoms with Crippen molar-refractivity contribution in [2.75, 3.05) is 5.43 Å². The molecule has 0 aliphatic heterocycles. The molecule has 17 heavy (non-hydrogen) atoms. The van der Waals surface area contributed by atoms with E-state index in [0.717, 1.165) is 5.69 Å². The Kier molecular flexibility index (Phi) is 4.69. The first-order chi connectivity index (χ1) is 7.81. The van der Waals surface area contributed by atoms with Gasteiger partial charge >= 0.3 is 0 Å². The van der Waals surface area contributed by atoms with E-state index < -0.39 is 0 Å². The van der Waals surface area contributed by atoms with Gasteiger partial charge in [0, 0.05) is 16.8 Å². The number of rotatable bonds is 3. The SMILES string of the molecule is Cl.NNc1ccc(C(=O)c2ccccc2)cc1. The summed E-state index contributed by atoms with van der Waals surface area (Å²) in [6.07, 6.45) is 0. The maximum absolute atomic E-state index is 12.0. The summed E-state index contributed by atoms with van der Waals surface area (Å²) in [5, 5.41) is 0. The molecule has 0 fully saturated rings. The number of carbonyl (C=O) groups is 1. The second-order valence-electron chi connectivity index (χ2n) is 3.42. The summed E-state index contributed by atoms with van der Waals surface area (Å²) in [5.74, 6) is 5.27. The number of halogens is 1. The van der Waals surface area contributed by atoms with Crippen molar-refractivity contribution in [2.45, 2.75) is 0 Å². The molecule has 0 saturated heterocycles. The highest BCUT2D eigenvalue weighted by atomic mass is 35.5. The number of hydrogen-bond donors (Lipinski definition) is 2. The van der Waals surface area contributed by atoms with Gasteiger partial charge < -0.3 is 5.43 Å². The normalized spacial score (nSPS) is 9.24. The summed E-state index contributed by atoms with van der Waals surface area (Å²) in [4.78, 5) is 12.0. The standard InChI is InChI=1S/C13H12N2O.ClH/c14-15-12-8-6-11(7-9-12)13(16)10-4-2-1-3-5-10;/h1-9,15H,14H2;1H. The Labute approximate surface area is 106 Å². The molecule has 0 aliphatic rings. The van der Waals surface area contributed by atoms with Crippen LogP contribution in [0.5, 0.6) is 0 Å². The second-order valence-corrected chi connectivity index (χ2v) is 3.42. The van der Waals surface area contributed by atoms with Crippen molar-refractivity contribution in [3.8, 4) is 0 Å². The summed E-state index contributed by atoms with van der Waals surface area (Å²) >= 11 is 0. The molecule has 3 N–H and O–H groups in total. The van der Waals surface area contributed by atoms with Gasteiger partial charge in [0.1, 0.15) is 0 Å². The summed E-state index contributed by atoms with van der Waals surface area (Å²) < 4.78 is 0. The van der Waals surface area contributed by atoms with Gasteiger partial charge in [-0.2, -0.15) is 0 Å². The minimum Gasteiger partial charge on any atom is -0.324 e. The fourth-order valence-corrected chi connectivity index (χ4v) is 1.47. The van der Waals surface area contributed by atoms with Gasteiger partial charge in [-0.3, -0.25) is 10.6 Å². The Hall–Kier alpha value is -1.84. The van der Waals surface area contributed by atoms with Gasteiger partial charge in [-0.05, 0) is 24.3 Å². The van der Waals surface area contributed by atoms with Crippen molar-refractivity contribution in [3.05, 3.63) is 65.7 Å². The van der Waals surface area contributed by atoms with Gasteiger partial charge in [0.05, 0.1) is 0 Å². The van der Waals surface area contributed by atoms with Crippen molar-refractivity contribution in [1.82, 2.24) is 0 Å². The number of benzene rings is 2. The van der Waals surface area contributed by atoms with Gasteiger partial charge in [0.2, 0.25) is 0 Å². The van der Waals surface area contributed by atoms with Crippen LogP contribution in [0.25, 0.3) is 0 Å². The van der Waals surface area contributed by atoms with Gasteiger partial charge in [-0.1, -0.05) is 30.3 Å². The van der Waals surface area contributed by atoms with Crippen LogP contribution in [-0.2, 0) is 0 Å². The zero-order valence-corrected chi connectivity index (χ0v) is 9.91. The van der Waals surface area contributed by atoms with Crippen LogP contribution in [0.15, 0.2) is 54.6 Å². The van der Waals surface area contributed by atoms with E-state index in [2.05, 4.69) is 5.43 Å². The molecule has 0 atom stereocenters. The molecule has 3 nitrogen and oxygen atoms in total. The van der Waals surface area contributed by atoms with E-state index in [0.29, 0.717) is 11.1 Å². The molecular weight excluding hydrogens is 236 g/mol. The zero-order chi connectivity index (χ0) is 11.4. The van der Waals surface area contributed by atoms with Crippen molar-refractivity contribution in [3.63, 3.8) is 0 Å². The van der Waals surface area contributed by atoms with Crippen LogP contribution in [-0.4, -0.2) is 5.78 Å².